The van der Waals surface area contributed by atoms with Gasteiger partial charge in [-0.25, -0.2) is 4.98 Å². The highest BCUT2D eigenvalue weighted by molar-refractivity contribution is 5.86. The molecule has 0 aliphatic rings. The van der Waals surface area contributed by atoms with Crippen molar-refractivity contribution in [3.8, 4) is 0 Å². The lowest BCUT2D eigenvalue weighted by atomic mass is 10.1. The van der Waals surface area contributed by atoms with E-state index in [1.54, 1.807) is 6.33 Å². The van der Waals surface area contributed by atoms with Crippen LogP contribution in [0.4, 0.5) is 17.5 Å². The van der Waals surface area contributed by atoms with E-state index >= 15 is 0 Å². The Hall–Kier alpha value is -2.67. The lowest BCUT2D eigenvalue weighted by Crippen LogP contribution is -2.30. The summed E-state index contributed by atoms with van der Waals surface area (Å²) >= 11 is 0. The monoisotopic (exact) mass is 354 g/mol. The molecule has 26 heavy (non-hydrogen) atoms. The van der Waals surface area contributed by atoms with Gasteiger partial charge >= 0.3 is 0 Å². The molecule has 0 aliphatic heterocycles. The summed E-state index contributed by atoms with van der Waals surface area (Å²) in [6.07, 6.45) is 1.79. The van der Waals surface area contributed by atoms with E-state index < -0.39 is 0 Å². The van der Waals surface area contributed by atoms with E-state index in [4.69, 9.17) is 0 Å². The Morgan fingerprint density at radius 2 is 1.81 bits per heavy atom. The van der Waals surface area contributed by atoms with E-state index in [2.05, 4.69) is 39.4 Å². The number of nitrogens with one attached hydrogen (secondary N) is 2. The normalized spacial score (nSPS) is 12.7. The first kappa shape index (κ1) is 18.1. The lowest BCUT2D eigenvalue weighted by molar-refractivity contribution is 0.248. The summed E-state index contributed by atoms with van der Waals surface area (Å²) in [5.74, 6) is 1.37. The maximum absolute atomic E-state index is 9.63. The van der Waals surface area contributed by atoms with Gasteiger partial charge in [-0.3, -0.25) is 0 Å². The van der Waals surface area contributed by atoms with E-state index in [1.807, 2.05) is 48.7 Å². The molecule has 0 radical (unpaired) electrons. The largest absolute Gasteiger partial charge is 0.394 e. The van der Waals surface area contributed by atoms with E-state index in [1.165, 1.54) is 0 Å². The zero-order valence-corrected chi connectivity index (χ0v) is 15.6. The van der Waals surface area contributed by atoms with Crippen LogP contribution < -0.4 is 10.6 Å². The zero-order valence-electron chi connectivity index (χ0n) is 15.6. The summed E-state index contributed by atoms with van der Waals surface area (Å²) in [6, 6.07) is 9.96. The van der Waals surface area contributed by atoms with Crippen molar-refractivity contribution in [2.24, 2.45) is 5.92 Å². The summed E-state index contributed by atoms with van der Waals surface area (Å²) in [5, 5.41) is 16.2. The fraction of sp³-hybridized carbons (Fsp3) is 0.421. The number of aliphatic hydroxyl groups excluding tert-OH is 1. The fourth-order valence-corrected chi connectivity index (χ4v) is 2.69. The third-order valence-corrected chi connectivity index (χ3v) is 4.33. The van der Waals surface area contributed by atoms with Crippen LogP contribution in [-0.4, -0.2) is 37.3 Å². The van der Waals surface area contributed by atoms with E-state index in [9.17, 15) is 5.11 Å². The molecule has 2 aromatic heterocycles. The Balaban J connectivity index is 2.06. The number of nitrogens with zero attached hydrogens (tertiary/aromatic N) is 4. The van der Waals surface area contributed by atoms with Gasteiger partial charge in [-0.2, -0.15) is 9.97 Å². The molecule has 3 rings (SSSR count). The maximum atomic E-state index is 9.63. The molecule has 138 valence electrons. The highest BCUT2D eigenvalue weighted by Gasteiger charge is 2.18. The third-order valence-electron chi connectivity index (χ3n) is 4.33. The molecule has 1 aromatic carbocycles. The van der Waals surface area contributed by atoms with Crippen LogP contribution in [0.25, 0.3) is 11.2 Å². The van der Waals surface area contributed by atoms with Crippen LogP contribution >= 0.6 is 0 Å². The molecule has 0 amide bonds. The average molecular weight is 354 g/mol. The van der Waals surface area contributed by atoms with Gasteiger partial charge in [0, 0.05) is 11.7 Å². The van der Waals surface area contributed by atoms with Crippen molar-refractivity contribution in [3.63, 3.8) is 0 Å². The minimum absolute atomic E-state index is 0.0178. The molecule has 7 heteroatoms. The molecule has 7 nitrogen and oxygen atoms in total. The number of aromatic nitrogens is 4. The van der Waals surface area contributed by atoms with E-state index in [0.29, 0.717) is 11.8 Å². The van der Waals surface area contributed by atoms with Crippen LogP contribution in [0.2, 0.25) is 0 Å². The van der Waals surface area contributed by atoms with Gasteiger partial charge in [0.05, 0.1) is 19.0 Å². The van der Waals surface area contributed by atoms with Gasteiger partial charge in [0.25, 0.3) is 0 Å². The van der Waals surface area contributed by atoms with Gasteiger partial charge < -0.3 is 20.3 Å². The number of rotatable bonds is 7. The minimum Gasteiger partial charge on any atom is -0.394 e. The molecule has 0 unspecified atom stereocenters. The summed E-state index contributed by atoms with van der Waals surface area (Å²) in [5.41, 5.74) is 2.41. The van der Waals surface area contributed by atoms with Gasteiger partial charge in [0.15, 0.2) is 17.0 Å². The minimum atomic E-state index is -0.118. The van der Waals surface area contributed by atoms with Gasteiger partial charge in [-0.1, -0.05) is 32.0 Å². The third kappa shape index (κ3) is 3.77. The quantitative estimate of drug-likeness (QED) is 0.601. The number of hydrogen-bond donors (Lipinski definition) is 3. The summed E-state index contributed by atoms with van der Waals surface area (Å²) in [4.78, 5) is 13.8. The molecule has 3 N–H and O–H groups in total. The second-order valence-corrected chi connectivity index (χ2v) is 6.98. The summed E-state index contributed by atoms with van der Waals surface area (Å²) in [7, 11) is 0. The van der Waals surface area contributed by atoms with Crippen LogP contribution in [0.5, 0.6) is 0 Å². The SMILES string of the molecule is CC(C)[C@H](CO)Nc1nc(Nc2ccccc2)c2ncn(C(C)C)c2n1. The number of hydrogen-bond acceptors (Lipinski definition) is 6. The molecular weight excluding hydrogens is 328 g/mol. The Morgan fingerprint density at radius 3 is 2.42 bits per heavy atom. The first-order valence-electron chi connectivity index (χ1n) is 8.93. The predicted octanol–water partition coefficient (Wildman–Crippen LogP) is 3.58. The summed E-state index contributed by atoms with van der Waals surface area (Å²) < 4.78 is 2.02. The molecule has 0 spiro atoms. The molecule has 2 heterocycles. The average Bonchev–Trinajstić information content (AvgIpc) is 3.04. The Labute approximate surface area is 153 Å². The van der Waals surface area contributed by atoms with Gasteiger partial charge in [-0.05, 0) is 31.9 Å². The molecule has 0 fully saturated rings. The topological polar surface area (TPSA) is 87.9 Å². The number of fused-ring (bicyclic) bond motifs is 1. The molecular formula is C19H26N6O. The first-order chi connectivity index (χ1) is 12.5. The Bertz CT molecular complexity index is 859. The number of imidazole rings is 1. The van der Waals surface area contributed by atoms with Crippen molar-refractivity contribution < 1.29 is 5.11 Å². The molecule has 0 saturated heterocycles. The van der Waals surface area contributed by atoms with Gasteiger partial charge in [0.1, 0.15) is 0 Å². The molecule has 0 bridgehead atoms. The maximum Gasteiger partial charge on any atom is 0.227 e. The van der Waals surface area contributed by atoms with Crippen LogP contribution in [0.15, 0.2) is 36.7 Å². The van der Waals surface area contributed by atoms with Crippen molar-refractivity contribution in [1.82, 2.24) is 19.5 Å². The fourth-order valence-electron chi connectivity index (χ4n) is 2.69. The van der Waals surface area contributed by atoms with Gasteiger partial charge in [0.2, 0.25) is 5.95 Å². The highest BCUT2D eigenvalue weighted by atomic mass is 16.3. The number of aliphatic hydroxyl groups is 1. The zero-order chi connectivity index (χ0) is 18.7. The lowest BCUT2D eigenvalue weighted by Gasteiger charge is -2.20. The van der Waals surface area contributed by atoms with Crippen molar-refractivity contribution in [3.05, 3.63) is 36.7 Å². The van der Waals surface area contributed by atoms with Crippen molar-refractivity contribution in [2.45, 2.75) is 39.8 Å². The Kier molecular flexibility index (Phi) is 5.37. The van der Waals surface area contributed by atoms with Crippen molar-refractivity contribution in [2.75, 3.05) is 17.2 Å². The highest BCUT2D eigenvalue weighted by Crippen LogP contribution is 2.26. The Morgan fingerprint density at radius 1 is 1.08 bits per heavy atom. The molecule has 1 atom stereocenters. The molecule has 3 aromatic rings. The smallest absolute Gasteiger partial charge is 0.227 e. The number of para-hydroxylation sites is 1. The second kappa shape index (κ2) is 7.70. The van der Waals surface area contributed by atoms with E-state index in [-0.39, 0.29) is 24.6 Å². The predicted molar refractivity (Wildman–Crippen MR) is 105 cm³/mol. The van der Waals surface area contributed by atoms with Crippen LogP contribution in [-0.2, 0) is 0 Å². The number of anilines is 3. The van der Waals surface area contributed by atoms with E-state index in [0.717, 1.165) is 16.9 Å². The number of benzene rings is 1. The van der Waals surface area contributed by atoms with Gasteiger partial charge in [-0.15, -0.1) is 0 Å². The first-order valence-corrected chi connectivity index (χ1v) is 8.93. The standard InChI is InChI=1S/C19H26N6O/c1-12(2)15(10-26)22-19-23-17(21-14-8-6-5-7-9-14)16-18(24-19)25(11-20-16)13(3)4/h5-9,11-13,15,26H,10H2,1-4H3,(H2,21,22,23,24)/t15-/m0/s1. The van der Waals surface area contributed by atoms with Crippen LogP contribution in [0.1, 0.15) is 33.7 Å². The molecule has 0 saturated carbocycles. The molecule has 0 aliphatic carbocycles. The van der Waals surface area contributed by atoms with Crippen molar-refractivity contribution in [1.29, 1.82) is 0 Å². The summed E-state index contributed by atoms with van der Waals surface area (Å²) in [6.45, 7) is 8.29. The van der Waals surface area contributed by atoms with Crippen LogP contribution in [0, 0.1) is 5.92 Å². The van der Waals surface area contributed by atoms with Crippen molar-refractivity contribution >= 4 is 28.6 Å². The van der Waals surface area contributed by atoms with Crippen LogP contribution in [0.3, 0.4) is 0 Å². The second-order valence-electron chi connectivity index (χ2n) is 6.98.